The highest BCUT2D eigenvalue weighted by Crippen LogP contribution is 2.59. The van der Waals surface area contributed by atoms with Gasteiger partial charge in [-0.1, -0.05) is 25.5 Å². The molecule has 2 unspecified atom stereocenters. The number of nitrogens with two attached hydrogens (primary N) is 1. The highest BCUT2D eigenvalue weighted by atomic mass is 15.1. The molecule has 0 aromatic carbocycles. The monoisotopic (exact) mass is 284 g/mol. The predicted octanol–water partition coefficient (Wildman–Crippen LogP) is 2.41. The van der Waals surface area contributed by atoms with E-state index in [0.717, 1.165) is 49.1 Å². The van der Waals surface area contributed by atoms with E-state index in [1.807, 2.05) is 0 Å². The van der Waals surface area contributed by atoms with Gasteiger partial charge in [0.2, 0.25) is 0 Å². The van der Waals surface area contributed by atoms with E-state index < -0.39 is 0 Å². The van der Waals surface area contributed by atoms with Gasteiger partial charge in [-0.05, 0) is 36.5 Å². The summed E-state index contributed by atoms with van der Waals surface area (Å²) in [5, 5.41) is 0. The minimum atomic E-state index is 0.518. The maximum absolute atomic E-state index is 5.95. The van der Waals surface area contributed by atoms with Gasteiger partial charge in [-0.25, -0.2) is 9.97 Å². The second-order valence-corrected chi connectivity index (χ2v) is 7.47. The molecular weight excluding hydrogens is 260 g/mol. The highest BCUT2D eigenvalue weighted by molar-refractivity contribution is 5.42. The van der Waals surface area contributed by atoms with Gasteiger partial charge in [-0.15, -0.1) is 0 Å². The molecule has 4 nitrogen and oxygen atoms in total. The largest absolute Gasteiger partial charge is 0.383 e. The zero-order valence-electron chi connectivity index (χ0n) is 13.0. The number of hydrogen-bond donors (Lipinski definition) is 1. The van der Waals surface area contributed by atoms with Gasteiger partial charge in [-0.2, -0.15) is 0 Å². The Morgan fingerprint density at radius 3 is 3.00 bits per heavy atom. The molecule has 1 aromatic rings. The standard InChI is InChI=1S/C17H24N4/c1-17(2)12-4-3-11(14(17)7-12)8-21-6-5-13-15(9-21)19-10-20-16(13)18/h3,10,12,14H,4-9H2,1-2H3,(H2,18,19,20). The SMILES string of the molecule is CC1(C)C2CC=C(CN3CCc4c(N)ncnc4C3)C1C2. The van der Waals surface area contributed by atoms with E-state index in [1.54, 1.807) is 11.9 Å². The average Bonchev–Trinajstić information content (AvgIpc) is 2.47. The molecule has 1 aromatic heterocycles. The molecule has 21 heavy (non-hydrogen) atoms. The fraction of sp³-hybridized carbons (Fsp3) is 0.647. The molecule has 0 saturated heterocycles. The van der Waals surface area contributed by atoms with Crippen LogP contribution in [0.4, 0.5) is 5.82 Å². The molecule has 2 atom stereocenters. The zero-order chi connectivity index (χ0) is 14.6. The van der Waals surface area contributed by atoms with Crippen molar-refractivity contribution in [3.63, 3.8) is 0 Å². The van der Waals surface area contributed by atoms with Crippen LogP contribution in [-0.4, -0.2) is 28.0 Å². The summed E-state index contributed by atoms with van der Waals surface area (Å²) in [5.74, 6) is 2.38. The Kier molecular flexibility index (Phi) is 2.86. The molecule has 0 spiro atoms. The molecule has 2 heterocycles. The summed E-state index contributed by atoms with van der Waals surface area (Å²) >= 11 is 0. The summed E-state index contributed by atoms with van der Waals surface area (Å²) in [6, 6.07) is 0. The number of hydrogen-bond acceptors (Lipinski definition) is 4. The van der Waals surface area contributed by atoms with Crippen LogP contribution in [0.25, 0.3) is 0 Å². The first kappa shape index (κ1) is 13.3. The Labute approximate surface area is 126 Å². The summed E-state index contributed by atoms with van der Waals surface area (Å²) in [6.07, 6.45) is 7.76. The van der Waals surface area contributed by atoms with E-state index in [1.165, 1.54) is 12.8 Å². The molecular formula is C17H24N4. The Hall–Kier alpha value is -1.42. The number of nitrogen functional groups attached to an aromatic ring is 1. The first-order valence-corrected chi connectivity index (χ1v) is 8.05. The van der Waals surface area contributed by atoms with Crippen molar-refractivity contribution in [2.75, 3.05) is 18.8 Å². The van der Waals surface area contributed by atoms with Crippen LogP contribution in [0.3, 0.4) is 0 Å². The predicted molar refractivity (Wildman–Crippen MR) is 83.5 cm³/mol. The quantitative estimate of drug-likeness (QED) is 0.847. The highest BCUT2D eigenvalue weighted by Gasteiger charge is 2.51. The van der Waals surface area contributed by atoms with E-state index in [0.29, 0.717) is 11.2 Å². The number of aromatic nitrogens is 2. The molecule has 5 rings (SSSR count). The zero-order valence-corrected chi connectivity index (χ0v) is 13.0. The van der Waals surface area contributed by atoms with Crippen molar-refractivity contribution in [3.05, 3.63) is 29.2 Å². The van der Waals surface area contributed by atoms with Crippen molar-refractivity contribution >= 4 is 5.82 Å². The van der Waals surface area contributed by atoms with Crippen molar-refractivity contribution < 1.29 is 0 Å². The smallest absolute Gasteiger partial charge is 0.130 e. The molecule has 2 N–H and O–H groups in total. The third-order valence-electron chi connectivity index (χ3n) is 6.11. The Balaban J connectivity index is 1.49. The van der Waals surface area contributed by atoms with Crippen molar-refractivity contribution in [1.82, 2.24) is 14.9 Å². The number of rotatable bonds is 2. The lowest BCUT2D eigenvalue weighted by molar-refractivity contribution is -0.0110. The number of anilines is 1. The molecule has 1 aliphatic heterocycles. The van der Waals surface area contributed by atoms with E-state index >= 15 is 0 Å². The summed E-state index contributed by atoms with van der Waals surface area (Å²) in [5.41, 5.74) is 10.4. The van der Waals surface area contributed by atoms with Crippen LogP contribution >= 0.6 is 0 Å². The van der Waals surface area contributed by atoms with Gasteiger partial charge in [0.15, 0.2) is 0 Å². The molecule has 2 bridgehead atoms. The second kappa shape index (κ2) is 4.54. The minimum Gasteiger partial charge on any atom is -0.383 e. The lowest BCUT2D eigenvalue weighted by atomic mass is 9.49. The third kappa shape index (κ3) is 2.00. The van der Waals surface area contributed by atoms with Crippen LogP contribution in [0, 0.1) is 17.3 Å². The maximum atomic E-state index is 5.95. The molecule has 0 amide bonds. The summed E-state index contributed by atoms with van der Waals surface area (Å²) in [6.45, 7) is 7.97. The van der Waals surface area contributed by atoms with E-state index in [2.05, 4.69) is 34.8 Å². The summed E-state index contributed by atoms with van der Waals surface area (Å²) in [4.78, 5) is 11.1. The first-order valence-electron chi connectivity index (χ1n) is 8.05. The van der Waals surface area contributed by atoms with Gasteiger partial charge in [0.25, 0.3) is 0 Å². The van der Waals surface area contributed by atoms with Crippen LogP contribution < -0.4 is 5.73 Å². The van der Waals surface area contributed by atoms with Gasteiger partial charge >= 0.3 is 0 Å². The van der Waals surface area contributed by atoms with Crippen molar-refractivity contribution in [2.24, 2.45) is 17.3 Å². The molecule has 1 fully saturated rings. The van der Waals surface area contributed by atoms with E-state index in [-0.39, 0.29) is 0 Å². The fourth-order valence-corrected chi connectivity index (χ4v) is 4.48. The molecule has 1 saturated carbocycles. The minimum absolute atomic E-state index is 0.518. The Morgan fingerprint density at radius 2 is 2.24 bits per heavy atom. The second-order valence-electron chi connectivity index (χ2n) is 7.47. The summed E-state index contributed by atoms with van der Waals surface area (Å²) < 4.78 is 0. The normalized spacial score (nSPS) is 30.3. The Morgan fingerprint density at radius 1 is 1.38 bits per heavy atom. The van der Waals surface area contributed by atoms with Crippen molar-refractivity contribution in [1.29, 1.82) is 0 Å². The fourth-order valence-electron chi connectivity index (χ4n) is 4.48. The van der Waals surface area contributed by atoms with E-state index in [4.69, 9.17) is 5.73 Å². The number of nitrogens with zero attached hydrogens (tertiary/aromatic N) is 3. The van der Waals surface area contributed by atoms with Crippen LogP contribution in [0.1, 0.15) is 37.9 Å². The van der Waals surface area contributed by atoms with Crippen molar-refractivity contribution in [2.45, 2.75) is 39.7 Å². The van der Waals surface area contributed by atoms with E-state index in [9.17, 15) is 0 Å². The maximum Gasteiger partial charge on any atom is 0.130 e. The van der Waals surface area contributed by atoms with Crippen molar-refractivity contribution in [3.8, 4) is 0 Å². The third-order valence-corrected chi connectivity index (χ3v) is 6.11. The lowest BCUT2D eigenvalue weighted by Gasteiger charge is -2.57. The Bertz CT molecular complexity index is 605. The average molecular weight is 284 g/mol. The first-order chi connectivity index (χ1) is 10.1. The topological polar surface area (TPSA) is 55.0 Å². The van der Waals surface area contributed by atoms with Gasteiger partial charge in [0.1, 0.15) is 12.1 Å². The summed E-state index contributed by atoms with van der Waals surface area (Å²) in [7, 11) is 0. The van der Waals surface area contributed by atoms with Gasteiger partial charge in [0.05, 0.1) is 5.69 Å². The number of allylic oxidation sites excluding steroid dienone is 1. The van der Waals surface area contributed by atoms with Gasteiger partial charge in [0, 0.05) is 25.2 Å². The lowest BCUT2D eigenvalue weighted by Crippen LogP contribution is -2.50. The van der Waals surface area contributed by atoms with Crippen LogP contribution in [0.2, 0.25) is 0 Å². The molecule has 112 valence electrons. The van der Waals surface area contributed by atoms with Crippen LogP contribution in [-0.2, 0) is 13.0 Å². The molecule has 0 radical (unpaired) electrons. The number of fused-ring (bicyclic) bond motifs is 2. The van der Waals surface area contributed by atoms with Gasteiger partial charge < -0.3 is 5.73 Å². The molecule has 3 aliphatic carbocycles. The van der Waals surface area contributed by atoms with Gasteiger partial charge in [-0.3, -0.25) is 4.90 Å². The van der Waals surface area contributed by atoms with Crippen LogP contribution in [0.15, 0.2) is 18.0 Å². The van der Waals surface area contributed by atoms with Crippen LogP contribution in [0.5, 0.6) is 0 Å². The molecule has 4 aliphatic rings. The molecule has 4 heteroatoms.